The standard InChI is InChI=1S/C23H19ClN4O2S/c24-18-8-6-16(7-9-18)20-10-11-22(30)28(27-20)14-21(29)25-13-12-19-15-31-23(26-19)17-4-2-1-3-5-17/h1-11,15H,12-14H2,(H,25,29). The molecule has 4 aromatic rings. The summed E-state index contributed by atoms with van der Waals surface area (Å²) in [6, 6.07) is 20.2. The van der Waals surface area contributed by atoms with Gasteiger partial charge in [-0.05, 0) is 18.2 Å². The Labute approximate surface area is 188 Å². The first-order valence-corrected chi connectivity index (χ1v) is 10.9. The Morgan fingerprint density at radius 3 is 2.55 bits per heavy atom. The Hall–Kier alpha value is -3.29. The van der Waals surface area contributed by atoms with Gasteiger partial charge in [0.2, 0.25) is 5.91 Å². The van der Waals surface area contributed by atoms with Gasteiger partial charge in [-0.15, -0.1) is 11.3 Å². The largest absolute Gasteiger partial charge is 0.354 e. The normalized spacial score (nSPS) is 10.7. The van der Waals surface area contributed by atoms with E-state index in [0.29, 0.717) is 23.7 Å². The van der Waals surface area contributed by atoms with E-state index in [1.165, 1.54) is 6.07 Å². The van der Waals surface area contributed by atoms with E-state index in [0.717, 1.165) is 26.5 Å². The van der Waals surface area contributed by atoms with Crippen molar-refractivity contribution in [2.24, 2.45) is 0 Å². The first kappa shape index (κ1) is 21.0. The average Bonchev–Trinajstić information content (AvgIpc) is 3.25. The van der Waals surface area contributed by atoms with Crippen LogP contribution in [-0.4, -0.2) is 27.2 Å². The number of benzene rings is 2. The summed E-state index contributed by atoms with van der Waals surface area (Å²) in [5.74, 6) is -0.277. The van der Waals surface area contributed by atoms with Crippen LogP contribution in [0.1, 0.15) is 5.69 Å². The van der Waals surface area contributed by atoms with Crippen molar-refractivity contribution in [3.05, 3.63) is 93.2 Å². The topological polar surface area (TPSA) is 76.9 Å². The summed E-state index contributed by atoms with van der Waals surface area (Å²) in [6.07, 6.45) is 0.613. The van der Waals surface area contributed by atoms with Gasteiger partial charge in [-0.3, -0.25) is 9.59 Å². The lowest BCUT2D eigenvalue weighted by molar-refractivity contribution is -0.121. The molecule has 0 unspecified atom stereocenters. The molecule has 8 heteroatoms. The zero-order chi connectivity index (χ0) is 21.6. The highest BCUT2D eigenvalue weighted by Crippen LogP contribution is 2.23. The molecule has 2 aromatic carbocycles. The number of carbonyl (C=O) groups is 1. The minimum Gasteiger partial charge on any atom is -0.354 e. The smallest absolute Gasteiger partial charge is 0.267 e. The molecule has 2 aromatic heterocycles. The van der Waals surface area contributed by atoms with Gasteiger partial charge in [0.1, 0.15) is 11.6 Å². The minimum absolute atomic E-state index is 0.146. The van der Waals surface area contributed by atoms with Gasteiger partial charge in [0.15, 0.2) is 0 Å². The molecule has 1 amide bonds. The fourth-order valence-corrected chi connectivity index (χ4v) is 3.98. The third kappa shape index (κ3) is 5.45. The predicted molar refractivity (Wildman–Crippen MR) is 123 cm³/mol. The Kier molecular flexibility index (Phi) is 6.54. The Bertz CT molecular complexity index is 1240. The number of hydrogen-bond acceptors (Lipinski definition) is 5. The van der Waals surface area contributed by atoms with E-state index in [1.807, 2.05) is 47.8 Å². The van der Waals surface area contributed by atoms with Crippen LogP contribution < -0.4 is 10.9 Å². The molecule has 0 aliphatic carbocycles. The zero-order valence-corrected chi connectivity index (χ0v) is 18.1. The summed E-state index contributed by atoms with van der Waals surface area (Å²) in [6.45, 7) is 0.287. The van der Waals surface area contributed by atoms with E-state index in [1.54, 1.807) is 29.5 Å². The number of hydrogen-bond donors (Lipinski definition) is 1. The highest BCUT2D eigenvalue weighted by atomic mass is 35.5. The van der Waals surface area contributed by atoms with Crippen LogP contribution in [-0.2, 0) is 17.8 Å². The second-order valence-corrected chi connectivity index (χ2v) is 8.13. The van der Waals surface area contributed by atoms with Crippen molar-refractivity contribution < 1.29 is 4.79 Å². The highest BCUT2D eigenvalue weighted by Gasteiger charge is 2.09. The second kappa shape index (κ2) is 9.68. The van der Waals surface area contributed by atoms with Crippen molar-refractivity contribution in [2.75, 3.05) is 6.54 Å². The predicted octanol–water partition coefficient (Wildman–Crippen LogP) is 4.05. The second-order valence-electron chi connectivity index (χ2n) is 6.83. The molecule has 0 aliphatic rings. The summed E-state index contributed by atoms with van der Waals surface area (Å²) in [5.41, 5.74) is 3.08. The molecule has 4 rings (SSSR count). The number of aromatic nitrogens is 3. The molecule has 6 nitrogen and oxygen atoms in total. The third-order valence-corrected chi connectivity index (χ3v) is 5.77. The van der Waals surface area contributed by atoms with E-state index in [4.69, 9.17) is 11.6 Å². The Balaban J connectivity index is 1.34. The van der Waals surface area contributed by atoms with Gasteiger partial charge in [-0.25, -0.2) is 9.67 Å². The van der Waals surface area contributed by atoms with Gasteiger partial charge in [0, 0.05) is 40.6 Å². The van der Waals surface area contributed by atoms with Crippen LogP contribution in [0.2, 0.25) is 5.02 Å². The van der Waals surface area contributed by atoms with Crippen LogP contribution in [0.15, 0.2) is 76.9 Å². The molecule has 1 N–H and O–H groups in total. The van der Waals surface area contributed by atoms with Crippen molar-refractivity contribution in [3.8, 4) is 21.8 Å². The first-order valence-electron chi connectivity index (χ1n) is 9.69. The molecule has 2 heterocycles. The maximum absolute atomic E-state index is 12.3. The number of nitrogens with one attached hydrogen (secondary N) is 1. The maximum Gasteiger partial charge on any atom is 0.267 e. The molecule has 0 radical (unpaired) electrons. The van der Waals surface area contributed by atoms with E-state index in [2.05, 4.69) is 15.4 Å². The van der Waals surface area contributed by atoms with Crippen molar-refractivity contribution in [1.82, 2.24) is 20.1 Å². The fourth-order valence-electron chi connectivity index (χ4n) is 2.99. The van der Waals surface area contributed by atoms with Crippen LogP contribution >= 0.6 is 22.9 Å². The molecule has 156 valence electrons. The van der Waals surface area contributed by atoms with Crippen LogP contribution in [0.4, 0.5) is 0 Å². The van der Waals surface area contributed by atoms with Gasteiger partial charge in [-0.2, -0.15) is 5.10 Å². The highest BCUT2D eigenvalue weighted by molar-refractivity contribution is 7.13. The van der Waals surface area contributed by atoms with Gasteiger partial charge in [0.25, 0.3) is 5.56 Å². The number of carbonyl (C=O) groups excluding carboxylic acids is 1. The molecular weight excluding hydrogens is 432 g/mol. The van der Waals surface area contributed by atoms with Gasteiger partial charge in [0.05, 0.1) is 11.4 Å². The molecule has 0 fully saturated rings. The Morgan fingerprint density at radius 2 is 1.77 bits per heavy atom. The number of amides is 1. The lowest BCUT2D eigenvalue weighted by atomic mass is 10.1. The van der Waals surface area contributed by atoms with E-state index in [9.17, 15) is 9.59 Å². The molecule has 0 saturated carbocycles. The molecule has 0 aliphatic heterocycles. The summed E-state index contributed by atoms with van der Waals surface area (Å²) in [7, 11) is 0. The number of nitrogens with zero attached hydrogens (tertiary/aromatic N) is 3. The molecule has 0 spiro atoms. The summed E-state index contributed by atoms with van der Waals surface area (Å²) < 4.78 is 1.16. The molecule has 0 atom stereocenters. The van der Waals surface area contributed by atoms with Crippen molar-refractivity contribution >= 4 is 28.8 Å². The van der Waals surface area contributed by atoms with Crippen LogP contribution in [0.5, 0.6) is 0 Å². The lowest BCUT2D eigenvalue weighted by Gasteiger charge is -2.08. The van der Waals surface area contributed by atoms with E-state index >= 15 is 0 Å². The van der Waals surface area contributed by atoms with Gasteiger partial charge < -0.3 is 5.32 Å². The number of rotatable bonds is 7. The van der Waals surface area contributed by atoms with E-state index in [-0.39, 0.29) is 18.0 Å². The van der Waals surface area contributed by atoms with Gasteiger partial charge in [-0.1, -0.05) is 54.1 Å². The van der Waals surface area contributed by atoms with Crippen molar-refractivity contribution in [3.63, 3.8) is 0 Å². The van der Waals surface area contributed by atoms with Crippen LogP contribution in [0, 0.1) is 0 Å². The number of thiazole rings is 1. The van der Waals surface area contributed by atoms with Crippen molar-refractivity contribution in [1.29, 1.82) is 0 Å². The third-order valence-electron chi connectivity index (χ3n) is 4.58. The summed E-state index contributed by atoms with van der Waals surface area (Å²) >= 11 is 7.50. The molecule has 31 heavy (non-hydrogen) atoms. The first-order chi connectivity index (χ1) is 15.1. The van der Waals surface area contributed by atoms with Crippen LogP contribution in [0.25, 0.3) is 21.8 Å². The van der Waals surface area contributed by atoms with Crippen LogP contribution in [0.3, 0.4) is 0 Å². The zero-order valence-electron chi connectivity index (χ0n) is 16.5. The quantitative estimate of drug-likeness (QED) is 0.461. The molecule has 0 bridgehead atoms. The maximum atomic E-state index is 12.3. The summed E-state index contributed by atoms with van der Waals surface area (Å²) in [4.78, 5) is 29.1. The minimum atomic E-state index is -0.333. The van der Waals surface area contributed by atoms with E-state index < -0.39 is 0 Å². The molecule has 0 saturated heterocycles. The number of halogens is 1. The lowest BCUT2D eigenvalue weighted by Crippen LogP contribution is -2.34. The molecular formula is C23H19ClN4O2S. The average molecular weight is 451 g/mol. The van der Waals surface area contributed by atoms with Gasteiger partial charge >= 0.3 is 0 Å². The monoisotopic (exact) mass is 450 g/mol. The summed E-state index contributed by atoms with van der Waals surface area (Å²) in [5, 5.41) is 10.7. The fraction of sp³-hybridized carbons (Fsp3) is 0.130. The Morgan fingerprint density at radius 1 is 1.00 bits per heavy atom. The van der Waals surface area contributed by atoms with Crippen molar-refractivity contribution in [2.45, 2.75) is 13.0 Å². The SMILES string of the molecule is O=C(Cn1nc(-c2ccc(Cl)cc2)ccc1=O)NCCc1csc(-c2ccccc2)n1.